The lowest BCUT2D eigenvalue weighted by atomic mass is 10.2. The summed E-state index contributed by atoms with van der Waals surface area (Å²) in [6, 6.07) is 15.9. The molecule has 3 rings (SSSR count). The van der Waals surface area contributed by atoms with Gasteiger partial charge in [-0.05, 0) is 24.3 Å². The number of benzene rings is 2. The zero-order valence-electron chi connectivity index (χ0n) is 13.5. The van der Waals surface area contributed by atoms with E-state index in [1.165, 1.54) is 0 Å². The first kappa shape index (κ1) is 15.1. The summed E-state index contributed by atoms with van der Waals surface area (Å²) in [4.78, 5) is 11.3. The number of rotatable bonds is 5. The van der Waals surface area contributed by atoms with Crippen LogP contribution in [0.2, 0.25) is 0 Å². The molecule has 23 heavy (non-hydrogen) atoms. The second-order valence-corrected chi connectivity index (χ2v) is 5.20. The predicted octanol–water partition coefficient (Wildman–Crippen LogP) is 3.28. The molecule has 0 saturated carbocycles. The van der Waals surface area contributed by atoms with Gasteiger partial charge in [0.05, 0.1) is 26.3 Å². The predicted molar refractivity (Wildman–Crippen MR) is 91.2 cm³/mol. The third kappa shape index (κ3) is 3.04. The first-order valence-electron chi connectivity index (χ1n) is 7.36. The molecule has 0 N–H and O–H groups in total. The number of ether oxygens (including phenoxy) is 2. The fourth-order valence-electron chi connectivity index (χ4n) is 2.54. The molecule has 0 aliphatic rings. The summed E-state index contributed by atoms with van der Waals surface area (Å²) in [6.07, 6.45) is 0. The molecule has 1 heterocycles. The number of para-hydroxylation sites is 1. The molecule has 0 aliphatic heterocycles. The largest absolute Gasteiger partial charge is 0.496 e. The zero-order chi connectivity index (χ0) is 16.2. The van der Waals surface area contributed by atoms with E-state index in [9.17, 15) is 0 Å². The Labute approximate surface area is 135 Å². The number of hydrogen-bond acceptors (Lipinski definition) is 5. The Morgan fingerprint density at radius 1 is 0.913 bits per heavy atom. The Morgan fingerprint density at radius 3 is 2.39 bits per heavy atom. The van der Waals surface area contributed by atoms with Crippen molar-refractivity contribution in [2.75, 3.05) is 26.2 Å². The molecule has 0 saturated heterocycles. The van der Waals surface area contributed by atoms with Crippen molar-refractivity contribution in [2.45, 2.75) is 6.54 Å². The highest BCUT2D eigenvalue weighted by Gasteiger charge is 2.14. The van der Waals surface area contributed by atoms with Crippen LogP contribution >= 0.6 is 0 Å². The average molecular weight is 309 g/mol. The Bertz CT molecular complexity index is 806. The summed E-state index contributed by atoms with van der Waals surface area (Å²) in [5.74, 6) is 1.94. The summed E-state index contributed by atoms with van der Waals surface area (Å²) in [7, 11) is 5.26. The molecule has 0 radical (unpaired) electrons. The highest BCUT2D eigenvalue weighted by atomic mass is 16.5. The summed E-state index contributed by atoms with van der Waals surface area (Å²) in [5.41, 5.74) is 1.92. The van der Waals surface area contributed by atoms with Crippen molar-refractivity contribution in [2.24, 2.45) is 0 Å². The van der Waals surface area contributed by atoms with E-state index in [0.29, 0.717) is 24.0 Å². The molecule has 0 spiro atoms. The van der Waals surface area contributed by atoms with Gasteiger partial charge in [0, 0.05) is 12.7 Å². The molecule has 2 aromatic carbocycles. The van der Waals surface area contributed by atoms with Gasteiger partial charge < -0.3 is 14.4 Å². The van der Waals surface area contributed by atoms with Gasteiger partial charge in [0.2, 0.25) is 5.88 Å². The SMILES string of the molecule is COc1cccc2nc(CN(C)c3ccccc3)nc(OC)c12. The molecule has 0 bridgehead atoms. The Hall–Kier alpha value is -2.82. The minimum atomic E-state index is 0.531. The molecular weight excluding hydrogens is 290 g/mol. The number of anilines is 1. The molecular formula is C18H19N3O2. The molecule has 5 nitrogen and oxygen atoms in total. The van der Waals surface area contributed by atoms with Crippen molar-refractivity contribution in [3.8, 4) is 11.6 Å². The van der Waals surface area contributed by atoms with E-state index in [4.69, 9.17) is 9.47 Å². The first-order valence-corrected chi connectivity index (χ1v) is 7.36. The van der Waals surface area contributed by atoms with Gasteiger partial charge in [-0.15, -0.1) is 0 Å². The number of aromatic nitrogens is 2. The maximum absolute atomic E-state index is 5.45. The van der Waals surface area contributed by atoms with Crippen LogP contribution in [-0.4, -0.2) is 31.2 Å². The Balaban J connectivity index is 1.99. The third-order valence-corrected chi connectivity index (χ3v) is 3.69. The van der Waals surface area contributed by atoms with Crippen LogP contribution in [0.1, 0.15) is 5.82 Å². The molecule has 1 aromatic heterocycles. The lowest BCUT2D eigenvalue weighted by Crippen LogP contribution is -2.18. The standard InChI is InChI=1S/C18H19N3O2/c1-21(13-8-5-4-6-9-13)12-16-19-14-10-7-11-15(22-2)17(14)18(20-16)23-3/h4-11H,12H2,1-3H3. The molecule has 0 atom stereocenters. The quantitative estimate of drug-likeness (QED) is 0.724. The van der Waals surface area contributed by atoms with Crippen molar-refractivity contribution in [3.63, 3.8) is 0 Å². The maximum atomic E-state index is 5.45. The lowest BCUT2D eigenvalue weighted by molar-refractivity contribution is 0.392. The monoisotopic (exact) mass is 309 g/mol. The second kappa shape index (κ2) is 6.52. The van der Waals surface area contributed by atoms with Crippen LogP contribution in [0.5, 0.6) is 11.6 Å². The first-order chi connectivity index (χ1) is 11.2. The third-order valence-electron chi connectivity index (χ3n) is 3.69. The van der Waals surface area contributed by atoms with E-state index in [0.717, 1.165) is 16.6 Å². The average Bonchev–Trinajstić information content (AvgIpc) is 2.61. The van der Waals surface area contributed by atoms with Gasteiger partial charge in [0.15, 0.2) is 5.82 Å². The summed E-state index contributed by atoms with van der Waals surface area (Å²) in [5, 5.41) is 0.795. The van der Waals surface area contributed by atoms with Crippen LogP contribution in [0.3, 0.4) is 0 Å². The summed E-state index contributed by atoms with van der Waals surface area (Å²) >= 11 is 0. The van der Waals surface area contributed by atoms with Crippen LogP contribution in [0, 0.1) is 0 Å². The maximum Gasteiger partial charge on any atom is 0.228 e. The molecule has 0 amide bonds. The van der Waals surface area contributed by atoms with E-state index in [1.807, 2.05) is 43.4 Å². The van der Waals surface area contributed by atoms with Crippen molar-refractivity contribution in [1.29, 1.82) is 0 Å². The number of hydrogen-bond donors (Lipinski definition) is 0. The van der Waals surface area contributed by atoms with Gasteiger partial charge in [0.25, 0.3) is 0 Å². The van der Waals surface area contributed by atoms with Crippen LogP contribution in [0.25, 0.3) is 10.9 Å². The van der Waals surface area contributed by atoms with E-state index in [2.05, 4.69) is 27.0 Å². The van der Waals surface area contributed by atoms with Crippen molar-refractivity contribution in [1.82, 2.24) is 9.97 Å². The highest BCUT2D eigenvalue weighted by molar-refractivity contribution is 5.89. The van der Waals surface area contributed by atoms with E-state index in [-0.39, 0.29) is 0 Å². The number of fused-ring (bicyclic) bond motifs is 1. The Kier molecular flexibility index (Phi) is 4.28. The summed E-state index contributed by atoms with van der Waals surface area (Å²) < 4.78 is 10.8. The van der Waals surface area contributed by atoms with Crippen LogP contribution in [-0.2, 0) is 6.54 Å². The van der Waals surface area contributed by atoms with Gasteiger partial charge in [-0.1, -0.05) is 24.3 Å². The smallest absolute Gasteiger partial charge is 0.228 e. The molecule has 0 fully saturated rings. The van der Waals surface area contributed by atoms with E-state index < -0.39 is 0 Å². The highest BCUT2D eigenvalue weighted by Crippen LogP contribution is 2.31. The van der Waals surface area contributed by atoms with Crippen molar-refractivity contribution >= 4 is 16.6 Å². The molecule has 118 valence electrons. The number of nitrogens with zero attached hydrogens (tertiary/aromatic N) is 3. The molecule has 3 aromatic rings. The van der Waals surface area contributed by atoms with Gasteiger partial charge in [0.1, 0.15) is 11.1 Å². The fraction of sp³-hybridized carbons (Fsp3) is 0.222. The van der Waals surface area contributed by atoms with Gasteiger partial charge in [-0.3, -0.25) is 0 Å². The second-order valence-electron chi connectivity index (χ2n) is 5.20. The molecule has 0 aliphatic carbocycles. The van der Waals surface area contributed by atoms with Crippen LogP contribution in [0.4, 0.5) is 5.69 Å². The minimum Gasteiger partial charge on any atom is -0.496 e. The van der Waals surface area contributed by atoms with Crippen LogP contribution < -0.4 is 14.4 Å². The fourth-order valence-corrected chi connectivity index (χ4v) is 2.54. The zero-order valence-corrected chi connectivity index (χ0v) is 13.5. The van der Waals surface area contributed by atoms with Crippen LogP contribution in [0.15, 0.2) is 48.5 Å². The topological polar surface area (TPSA) is 47.5 Å². The van der Waals surface area contributed by atoms with Gasteiger partial charge >= 0.3 is 0 Å². The molecule has 0 unspecified atom stereocenters. The van der Waals surface area contributed by atoms with E-state index in [1.54, 1.807) is 14.2 Å². The lowest BCUT2D eigenvalue weighted by Gasteiger charge is -2.19. The summed E-state index contributed by atoms with van der Waals surface area (Å²) in [6.45, 7) is 0.591. The van der Waals surface area contributed by atoms with Gasteiger partial charge in [-0.25, -0.2) is 4.98 Å². The molecule has 5 heteroatoms. The normalized spacial score (nSPS) is 10.6. The number of methoxy groups -OCH3 is 2. The Morgan fingerprint density at radius 2 is 1.70 bits per heavy atom. The van der Waals surface area contributed by atoms with Crippen molar-refractivity contribution in [3.05, 3.63) is 54.4 Å². The van der Waals surface area contributed by atoms with Crippen molar-refractivity contribution < 1.29 is 9.47 Å². The van der Waals surface area contributed by atoms with E-state index >= 15 is 0 Å². The van der Waals surface area contributed by atoms with Gasteiger partial charge in [-0.2, -0.15) is 4.98 Å². The minimum absolute atomic E-state index is 0.531.